The standard InChI is InChI=1S/C14H27NO4/c1-2-3-4-5-6-7-10-15(11-8-13(16)17)12-9-14(18)19/h2-12H2,1H3,(H,16,17)(H,18,19)/p-2. The molecule has 19 heavy (non-hydrogen) atoms. The summed E-state index contributed by atoms with van der Waals surface area (Å²) in [6, 6.07) is 0. The summed E-state index contributed by atoms with van der Waals surface area (Å²) >= 11 is 0. The van der Waals surface area contributed by atoms with E-state index in [1.54, 1.807) is 0 Å². The topological polar surface area (TPSA) is 83.5 Å². The fraction of sp³-hybridized carbons (Fsp3) is 0.857. The molecule has 0 aliphatic rings. The average Bonchev–Trinajstić information content (AvgIpc) is 2.35. The Morgan fingerprint density at radius 2 is 1.26 bits per heavy atom. The lowest BCUT2D eigenvalue weighted by atomic mass is 10.1. The van der Waals surface area contributed by atoms with Gasteiger partial charge in [0.25, 0.3) is 0 Å². The van der Waals surface area contributed by atoms with Crippen LogP contribution in [0.5, 0.6) is 0 Å². The first-order chi connectivity index (χ1) is 9.06. The fourth-order valence-corrected chi connectivity index (χ4v) is 1.95. The average molecular weight is 271 g/mol. The van der Waals surface area contributed by atoms with Gasteiger partial charge >= 0.3 is 0 Å². The summed E-state index contributed by atoms with van der Waals surface area (Å²) in [5, 5.41) is 20.8. The van der Waals surface area contributed by atoms with E-state index in [0.717, 1.165) is 19.4 Å². The van der Waals surface area contributed by atoms with E-state index in [4.69, 9.17) is 0 Å². The normalized spacial score (nSPS) is 10.8. The van der Waals surface area contributed by atoms with Gasteiger partial charge in [0.2, 0.25) is 0 Å². The summed E-state index contributed by atoms with van der Waals surface area (Å²) in [5.74, 6) is -2.19. The van der Waals surface area contributed by atoms with Gasteiger partial charge in [-0.25, -0.2) is 0 Å². The molecule has 0 unspecified atom stereocenters. The molecule has 0 spiro atoms. The third kappa shape index (κ3) is 13.1. The Kier molecular flexibility index (Phi) is 11.3. The zero-order valence-corrected chi connectivity index (χ0v) is 11.9. The maximum Gasteiger partial charge on any atom is 0.0427 e. The summed E-state index contributed by atoms with van der Waals surface area (Å²) in [7, 11) is 0. The van der Waals surface area contributed by atoms with Gasteiger partial charge in [-0.15, -0.1) is 0 Å². The SMILES string of the molecule is CCCCCCCCN(CCC(=O)[O-])CCC(=O)[O-]. The lowest BCUT2D eigenvalue weighted by Crippen LogP contribution is -2.35. The molecule has 0 aliphatic carbocycles. The van der Waals surface area contributed by atoms with Crippen LogP contribution in [0.4, 0.5) is 0 Å². The number of hydrogen-bond donors (Lipinski definition) is 0. The van der Waals surface area contributed by atoms with Crippen LogP contribution in [0.1, 0.15) is 58.3 Å². The van der Waals surface area contributed by atoms with Crippen molar-refractivity contribution in [3.63, 3.8) is 0 Å². The minimum absolute atomic E-state index is 0.0527. The first-order valence-corrected chi connectivity index (χ1v) is 7.18. The predicted molar refractivity (Wildman–Crippen MR) is 69.1 cm³/mol. The van der Waals surface area contributed by atoms with Crippen molar-refractivity contribution in [2.75, 3.05) is 19.6 Å². The zero-order chi connectivity index (χ0) is 14.5. The van der Waals surface area contributed by atoms with Gasteiger partial charge in [-0.2, -0.15) is 0 Å². The van der Waals surface area contributed by atoms with E-state index in [1.165, 1.54) is 25.7 Å². The molecule has 112 valence electrons. The van der Waals surface area contributed by atoms with Crippen LogP contribution < -0.4 is 10.2 Å². The van der Waals surface area contributed by atoms with Crippen molar-refractivity contribution in [2.45, 2.75) is 58.3 Å². The predicted octanol–water partition coefficient (Wildman–Crippen LogP) is -0.0711. The fourth-order valence-electron chi connectivity index (χ4n) is 1.95. The van der Waals surface area contributed by atoms with Crippen molar-refractivity contribution in [1.82, 2.24) is 4.90 Å². The van der Waals surface area contributed by atoms with E-state index in [2.05, 4.69) is 6.92 Å². The highest BCUT2D eigenvalue weighted by Crippen LogP contribution is 2.06. The molecule has 0 rings (SSSR count). The van der Waals surface area contributed by atoms with Crippen LogP contribution in [-0.4, -0.2) is 36.5 Å². The van der Waals surface area contributed by atoms with E-state index >= 15 is 0 Å². The van der Waals surface area contributed by atoms with Gasteiger partial charge in [0, 0.05) is 25.0 Å². The lowest BCUT2D eigenvalue weighted by molar-refractivity contribution is -0.306. The summed E-state index contributed by atoms with van der Waals surface area (Å²) < 4.78 is 0. The van der Waals surface area contributed by atoms with Crippen molar-refractivity contribution in [1.29, 1.82) is 0 Å². The highest BCUT2D eigenvalue weighted by atomic mass is 16.4. The summed E-state index contributed by atoms with van der Waals surface area (Å²) in [5.41, 5.74) is 0. The molecule has 0 saturated heterocycles. The van der Waals surface area contributed by atoms with Crippen LogP contribution in [0.15, 0.2) is 0 Å². The molecule has 0 aromatic carbocycles. The Morgan fingerprint density at radius 3 is 1.74 bits per heavy atom. The second-order valence-corrected chi connectivity index (χ2v) is 4.85. The Morgan fingerprint density at radius 1 is 0.789 bits per heavy atom. The first-order valence-electron chi connectivity index (χ1n) is 7.18. The van der Waals surface area contributed by atoms with E-state index in [-0.39, 0.29) is 12.8 Å². The second kappa shape index (κ2) is 12.0. The van der Waals surface area contributed by atoms with Crippen LogP contribution in [-0.2, 0) is 9.59 Å². The van der Waals surface area contributed by atoms with Crippen molar-refractivity contribution < 1.29 is 19.8 Å². The number of hydrogen-bond acceptors (Lipinski definition) is 5. The van der Waals surface area contributed by atoms with Gasteiger partial charge in [0.1, 0.15) is 0 Å². The summed E-state index contributed by atoms with van der Waals surface area (Å²) in [6.45, 7) is 3.61. The quantitative estimate of drug-likeness (QED) is 0.438. The van der Waals surface area contributed by atoms with Gasteiger partial charge in [-0.1, -0.05) is 39.0 Å². The highest BCUT2D eigenvalue weighted by Gasteiger charge is 2.05. The molecule has 0 aromatic rings. The first kappa shape index (κ1) is 17.9. The van der Waals surface area contributed by atoms with Crippen molar-refractivity contribution in [2.24, 2.45) is 0 Å². The van der Waals surface area contributed by atoms with Gasteiger partial charge in [0.05, 0.1) is 0 Å². The number of aliphatic carboxylic acids is 2. The third-order valence-electron chi connectivity index (χ3n) is 3.09. The van der Waals surface area contributed by atoms with Crippen molar-refractivity contribution in [3.05, 3.63) is 0 Å². The highest BCUT2D eigenvalue weighted by molar-refractivity contribution is 5.65. The maximum atomic E-state index is 10.4. The van der Waals surface area contributed by atoms with Crippen LogP contribution in [0.3, 0.4) is 0 Å². The Hall–Kier alpha value is -1.10. The molecule has 5 nitrogen and oxygen atoms in total. The molecule has 0 amide bonds. The Bertz CT molecular complexity index is 238. The molecule has 0 aromatic heterocycles. The van der Waals surface area contributed by atoms with Crippen molar-refractivity contribution >= 4 is 11.9 Å². The van der Waals surface area contributed by atoms with Crippen LogP contribution in [0.2, 0.25) is 0 Å². The zero-order valence-electron chi connectivity index (χ0n) is 11.9. The molecule has 5 heteroatoms. The second-order valence-electron chi connectivity index (χ2n) is 4.85. The summed E-state index contributed by atoms with van der Waals surface area (Å²) in [4.78, 5) is 22.7. The molecular formula is C14H25NO4-2. The summed E-state index contributed by atoms with van der Waals surface area (Å²) in [6.07, 6.45) is 6.85. The molecule has 0 aliphatic heterocycles. The van der Waals surface area contributed by atoms with Gasteiger partial charge in [0.15, 0.2) is 0 Å². The van der Waals surface area contributed by atoms with Crippen LogP contribution >= 0.6 is 0 Å². The van der Waals surface area contributed by atoms with E-state index in [9.17, 15) is 19.8 Å². The van der Waals surface area contributed by atoms with Crippen LogP contribution in [0.25, 0.3) is 0 Å². The number of carbonyl (C=O) groups is 2. The number of carboxylic acid groups (broad SMARTS) is 2. The number of carbonyl (C=O) groups excluding carboxylic acids is 2. The molecular weight excluding hydrogens is 246 g/mol. The number of nitrogens with zero attached hydrogens (tertiary/aromatic N) is 1. The van der Waals surface area contributed by atoms with Crippen molar-refractivity contribution in [3.8, 4) is 0 Å². The lowest BCUT2D eigenvalue weighted by Gasteiger charge is -2.22. The molecule has 0 N–H and O–H groups in total. The molecule has 0 fully saturated rings. The van der Waals surface area contributed by atoms with Gasteiger partial charge in [-0.05, 0) is 25.8 Å². The van der Waals surface area contributed by atoms with Gasteiger partial charge in [-0.3, -0.25) is 0 Å². The number of unbranched alkanes of at least 4 members (excludes halogenated alkanes) is 5. The largest absolute Gasteiger partial charge is 0.550 e. The molecule has 0 atom stereocenters. The smallest absolute Gasteiger partial charge is 0.0427 e. The molecule has 0 bridgehead atoms. The van der Waals surface area contributed by atoms with E-state index < -0.39 is 11.9 Å². The van der Waals surface area contributed by atoms with Gasteiger partial charge < -0.3 is 24.7 Å². The third-order valence-corrected chi connectivity index (χ3v) is 3.09. The molecule has 0 heterocycles. The molecule has 0 saturated carbocycles. The number of rotatable bonds is 13. The van der Waals surface area contributed by atoms with E-state index in [0.29, 0.717) is 13.1 Å². The minimum Gasteiger partial charge on any atom is -0.550 e. The minimum atomic E-state index is -1.10. The molecule has 0 radical (unpaired) electrons. The maximum absolute atomic E-state index is 10.4. The van der Waals surface area contributed by atoms with Crippen LogP contribution in [0, 0.1) is 0 Å². The van der Waals surface area contributed by atoms with E-state index in [1.807, 2.05) is 4.90 Å². The number of carboxylic acids is 2. The monoisotopic (exact) mass is 271 g/mol. The Labute approximate surface area is 115 Å². The Balaban J connectivity index is 3.76.